The van der Waals surface area contributed by atoms with Gasteiger partial charge in [-0.15, -0.1) is 0 Å². The molecule has 3 heterocycles. The van der Waals surface area contributed by atoms with Crippen molar-refractivity contribution in [3.63, 3.8) is 0 Å². The van der Waals surface area contributed by atoms with Crippen molar-refractivity contribution in [1.29, 1.82) is 0 Å². The number of alkyl carbamates (subject to hydrolysis) is 1. The van der Waals surface area contributed by atoms with Gasteiger partial charge in [-0.2, -0.15) is 0 Å². The molecule has 0 saturated carbocycles. The highest BCUT2D eigenvalue weighted by atomic mass is 79.9. The van der Waals surface area contributed by atoms with E-state index in [9.17, 15) is 14.4 Å². The Hall–Kier alpha value is -2.92. The van der Waals surface area contributed by atoms with Crippen LogP contribution >= 0.6 is 27.3 Å². The Morgan fingerprint density at radius 3 is 2.62 bits per heavy atom. The summed E-state index contributed by atoms with van der Waals surface area (Å²) in [5.41, 5.74) is -0.0949. The predicted octanol–water partition coefficient (Wildman–Crippen LogP) is 4.35. The Labute approximate surface area is 209 Å². The molecule has 3 aromatic rings. The zero-order chi connectivity index (χ0) is 24.5. The number of benzene rings is 1. The summed E-state index contributed by atoms with van der Waals surface area (Å²) in [6.45, 7) is 5.68. The lowest BCUT2D eigenvalue weighted by Crippen LogP contribution is -2.49. The second-order valence-corrected chi connectivity index (χ2v) is 11.4. The molecule has 0 spiro atoms. The first-order chi connectivity index (χ1) is 16.1. The van der Waals surface area contributed by atoms with Gasteiger partial charge in [-0.05, 0) is 55.1 Å². The van der Waals surface area contributed by atoms with Crippen LogP contribution in [0.15, 0.2) is 46.5 Å². The van der Waals surface area contributed by atoms with Crippen LogP contribution in [0.25, 0.3) is 4.96 Å². The Kier molecular flexibility index (Phi) is 6.94. The number of halogens is 1. The van der Waals surface area contributed by atoms with E-state index in [1.165, 1.54) is 16.2 Å². The van der Waals surface area contributed by atoms with Crippen LogP contribution in [-0.4, -0.2) is 50.4 Å². The fraction of sp³-hybridized carbons (Fsp3) is 0.391. The van der Waals surface area contributed by atoms with Crippen molar-refractivity contribution in [2.75, 3.05) is 11.9 Å². The van der Waals surface area contributed by atoms with Crippen LogP contribution in [-0.2, 0) is 14.3 Å². The number of amides is 3. The molecule has 0 bridgehead atoms. The van der Waals surface area contributed by atoms with Crippen molar-refractivity contribution >= 4 is 56.0 Å². The molecule has 2 N–H and O–H groups in total. The molecule has 4 rings (SSSR count). The maximum Gasteiger partial charge on any atom is 0.408 e. The van der Waals surface area contributed by atoms with Crippen molar-refractivity contribution in [3.8, 4) is 0 Å². The van der Waals surface area contributed by atoms with Gasteiger partial charge in [0, 0.05) is 12.7 Å². The number of likely N-dealkylation sites (tertiary alicyclic amines) is 1. The molecule has 2 unspecified atom stereocenters. The van der Waals surface area contributed by atoms with E-state index in [1.807, 2.05) is 16.7 Å². The standard InChI is InChI=1S/C23H26BrN5O4S/c1-23(2,3)33-22(32)27-18(14-8-5-4-6-9-14)20(31)29-11-7-10-15(29)19(30)25-17-13-28-12-16(24)34-21(28)26-17/h4-6,8-9,12-13,15,18H,7,10-11H2,1-3H3,(H,25,30)(H,27,32). The van der Waals surface area contributed by atoms with E-state index in [2.05, 4.69) is 31.5 Å². The number of nitrogens with one attached hydrogen (secondary N) is 2. The van der Waals surface area contributed by atoms with Crippen molar-refractivity contribution in [1.82, 2.24) is 19.6 Å². The van der Waals surface area contributed by atoms with E-state index in [1.54, 1.807) is 51.2 Å². The van der Waals surface area contributed by atoms with Crippen LogP contribution in [0.1, 0.15) is 45.2 Å². The normalized spacial score (nSPS) is 16.9. The van der Waals surface area contributed by atoms with Gasteiger partial charge in [0.15, 0.2) is 10.8 Å². The molecule has 11 heteroatoms. The first kappa shape index (κ1) is 24.2. The average Bonchev–Trinajstić information content (AvgIpc) is 3.45. The maximum atomic E-state index is 13.6. The fourth-order valence-corrected chi connectivity index (χ4v) is 5.22. The quantitative estimate of drug-likeness (QED) is 0.493. The van der Waals surface area contributed by atoms with E-state index in [0.29, 0.717) is 30.8 Å². The molecule has 0 radical (unpaired) electrons. The van der Waals surface area contributed by atoms with Gasteiger partial charge >= 0.3 is 6.09 Å². The highest BCUT2D eigenvalue weighted by Gasteiger charge is 2.39. The maximum absolute atomic E-state index is 13.6. The number of fused-ring (bicyclic) bond motifs is 1. The molecule has 9 nitrogen and oxygen atoms in total. The molecule has 0 aliphatic carbocycles. The number of imidazole rings is 1. The van der Waals surface area contributed by atoms with Crippen molar-refractivity contribution in [3.05, 3.63) is 52.1 Å². The van der Waals surface area contributed by atoms with Crippen LogP contribution in [0.3, 0.4) is 0 Å². The first-order valence-electron chi connectivity index (χ1n) is 10.9. The monoisotopic (exact) mass is 547 g/mol. The van der Waals surface area contributed by atoms with Crippen molar-refractivity contribution < 1.29 is 19.1 Å². The van der Waals surface area contributed by atoms with Gasteiger partial charge in [0.25, 0.3) is 5.91 Å². The Balaban J connectivity index is 1.51. The summed E-state index contributed by atoms with van der Waals surface area (Å²) in [6, 6.07) is 7.32. The summed E-state index contributed by atoms with van der Waals surface area (Å²) in [7, 11) is 0. The summed E-state index contributed by atoms with van der Waals surface area (Å²) in [4.78, 5) is 45.9. The number of thiazole rings is 1. The van der Waals surface area contributed by atoms with Gasteiger partial charge < -0.3 is 20.3 Å². The molecular weight excluding hydrogens is 522 g/mol. The fourth-order valence-electron chi connectivity index (χ4n) is 3.86. The summed E-state index contributed by atoms with van der Waals surface area (Å²) >= 11 is 4.86. The lowest BCUT2D eigenvalue weighted by atomic mass is 10.0. The van der Waals surface area contributed by atoms with Crippen LogP contribution < -0.4 is 10.6 Å². The van der Waals surface area contributed by atoms with Crippen LogP contribution in [0.4, 0.5) is 10.6 Å². The second-order valence-electron chi connectivity index (χ2n) is 9.02. The number of anilines is 1. The molecule has 180 valence electrons. The molecule has 1 aliphatic rings. The second kappa shape index (κ2) is 9.75. The van der Waals surface area contributed by atoms with Crippen LogP contribution in [0.5, 0.6) is 0 Å². The van der Waals surface area contributed by atoms with Crippen molar-refractivity contribution in [2.45, 2.75) is 51.3 Å². The number of ether oxygens (including phenoxy) is 1. The number of carbonyl (C=O) groups excluding carboxylic acids is 3. The minimum atomic E-state index is -0.972. The SMILES string of the molecule is CC(C)(C)OC(=O)NC(C(=O)N1CCCC1C(=O)Nc1cn2cc(Br)sc2n1)c1ccccc1. The summed E-state index contributed by atoms with van der Waals surface area (Å²) in [5.74, 6) is -0.237. The molecule has 1 aliphatic heterocycles. The van der Waals surface area contributed by atoms with E-state index in [0.717, 1.165) is 8.75 Å². The minimum absolute atomic E-state index is 0.306. The van der Waals surface area contributed by atoms with E-state index >= 15 is 0 Å². The molecule has 3 amide bonds. The third-order valence-electron chi connectivity index (χ3n) is 5.26. The highest BCUT2D eigenvalue weighted by Crippen LogP contribution is 2.27. The lowest BCUT2D eigenvalue weighted by molar-refractivity contribution is -0.138. The topological polar surface area (TPSA) is 105 Å². The number of carbonyl (C=O) groups is 3. The predicted molar refractivity (Wildman–Crippen MR) is 133 cm³/mol. The van der Waals surface area contributed by atoms with E-state index < -0.39 is 23.8 Å². The van der Waals surface area contributed by atoms with Crippen LogP contribution in [0.2, 0.25) is 0 Å². The average molecular weight is 548 g/mol. The minimum Gasteiger partial charge on any atom is -0.444 e. The zero-order valence-corrected chi connectivity index (χ0v) is 21.5. The Bertz CT molecular complexity index is 1170. The van der Waals surface area contributed by atoms with Crippen molar-refractivity contribution in [2.24, 2.45) is 0 Å². The van der Waals surface area contributed by atoms with Gasteiger partial charge in [0.1, 0.15) is 17.7 Å². The van der Waals surface area contributed by atoms with Gasteiger partial charge in [-0.3, -0.25) is 14.0 Å². The van der Waals surface area contributed by atoms with E-state index in [-0.39, 0.29) is 11.8 Å². The number of nitrogens with zero attached hydrogens (tertiary/aromatic N) is 3. The molecule has 1 saturated heterocycles. The number of hydrogen-bond donors (Lipinski definition) is 2. The smallest absolute Gasteiger partial charge is 0.408 e. The summed E-state index contributed by atoms with van der Waals surface area (Å²) in [6.07, 6.45) is 4.11. The van der Waals surface area contributed by atoms with Gasteiger partial charge in [0.2, 0.25) is 5.91 Å². The third kappa shape index (κ3) is 5.58. The molecule has 1 aromatic carbocycles. The molecule has 1 fully saturated rings. The molecule has 2 aromatic heterocycles. The Morgan fingerprint density at radius 2 is 1.94 bits per heavy atom. The summed E-state index contributed by atoms with van der Waals surface area (Å²) < 4.78 is 8.12. The number of hydrogen-bond acceptors (Lipinski definition) is 6. The largest absolute Gasteiger partial charge is 0.444 e. The first-order valence-corrected chi connectivity index (χ1v) is 12.5. The third-order valence-corrected chi connectivity index (χ3v) is 6.73. The van der Waals surface area contributed by atoms with Crippen LogP contribution in [0, 0.1) is 0 Å². The zero-order valence-electron chi connectivity index (χ0n) is 19.1. The van der Waals surface area contributed by atoms with Gasteiger partial charge in [0.05, 0.1) is 9.98 Å². The molecule has 34 heavy (non-hydrogen) atoms. The molecular formula is C23H26BrN5O4S. The number of aromatic nitrogens is 2. The highest BCUT2D eigenvalue weighted by molar-refractivity contribution is 9.11. The van der Waals surface area contributed by atoms with Gasteiger partial charge in [-0.25, -0.2) is 9.78 Å². The molecule has 2 atom stereocenters. The number of rotatable bonds is 5. The van der Waals surface area contributed by atoms with Gasteiger partial charge in [-0.1, -0.05) is 41.7 Å². The Morgan fingerprint density at radius 1 is 1.21 bits per heavy atom. The lowest BCUT2D eigenvalue weighted by Gasteiger charge is -2.29. The summed E-state index contributed by atoms with van der Waals surface area (Å²) in [5, 5.41) is 5.52. The van der Waals surface area contributed by atoms with E-state index in [4.69, 9.17) is 4.74 Å².